The molecule has 0 heterocycles. The molecule has 0 bridgehead atoms. The third-order valence-electron chi connectivity index (χ3n) is 3.78. The average molecular weight is 264 g/mol. The quantitative estimate of drug-likeness (QED) is 0.747. The van der Waals surface area contributed by atoms with E-state index in [-0.39, 0.29) is 5.41 Å². The Morgan fingerprint density at radius 2 is 2.16 bits per heavy atom. The molecule has 0 amide bonds. The third-order valence-corrected chi connectivity index (χ3v) is 3.78. The molecule has 19 heavy (non-hydrogen) atoms. The highest BCUT2D eigenvalue weighted by Gasteiger charge is 2.27. The van der Waals surface area contributed by atoms with E-state index < -0.39 is 5.60 Å². The summed E-state index contributed by atoms with van der Waals surface area (Å²) in [5.74, 6) is 0. The molecular formula is C17H28O2. The SMILES string of the molecule is CCOC=CC(C)(O)CC=C1C(C)=CCCC1(C)C. The van der Waals surface area contributed by atoms with Crippen LogP contribution >= 0.6 is 0 Å². The third kappa shape index (κ3) is 4.87. The van der Waals surface area contributed by atoms with Crippen LogP contribution in [0.4, 0.5) is 0 Å². The second-order valence-electron chi connectivity index (χ2n) is 6.25. The predicted octanol–water partition coefficient (Wildman–Crippen LogP) is 4.37. The molecule has 1 atom stereocenters. The molecule has 0 aromatic rings. The second kappa shape index (κ2) is 6.42. The Morgan fingerprint density at radius 1 is 1.47 bits per heavy atom. The summed E-state index contributed by atoms with van der Waals surface area (Å²) < 4.78 is 5.15. The van der Waals surface area contributed by atoms with Gasteiger partial charge >= 0.3 is 0 Å². The Hall–Kier alpha value is -1.02. The Morgan fingerprint density at radius 3 is 2.74 bits per heavy atom. The van der Waals surface area contributed by atoms with Crippen molar-refractivity contribution in [1.82, 2.24) is 0 Å². The zero-order valence-corrected chi connectivity index (χ0v) is 13.0. The molecule has 1 unspecified atom stereocenters. The monoisotopic (exact) mass is 264 g/mol. The van der Waals surface area contributed by atoms with E-state index in [4.69, 9.17) is 4.74 Å². The first-order chi connectivity index (χ1) is 8.78. The van der Waals surface area contributed by atoms with Crippen LogP contribution in [-0.2, 0) is 4.74 Å². The standard InChI is InChI=1S/C17H28O2/c1-6-19-13-12-17(5,18)11-9-15-14(2)8-7-10-16(15,3)4/h8-9,12-13,18H,6-7,10-11H2,1-5H3. The average Bonchev–Trinajstić information content (AvgIpc) is 2.27. The van der Waals surface area contributed by atoms with Crippen LogP contribution in [0.25, 0.3) is 0 Å². The summed E-state index contributed by atoms with van der Waals surface area (Å²) in [7, 11) is 0. The highest BCUT2D eigenvalue weighted by Crippen LogP contribution is 2.40. The first-order valence-electron chi connectivity index (χ1n) is 7.18. The van der Waals surface area contributed by atoms with E-state index in [0.717, 1.165) is 6.42 Å². The minimum Gasteiger partial charge on any atom is -0.502 e. The smallest absolute Gasteiger partial charge is 0.0866 e. The fourth-order valence-corrected chi connectivity index (χ4v) is 2.53. The van der Waals surface area contributed by atoms with Gasteiger partial charge in [-0.3, -0.25) is 0 Å². The van der Waals surface area contributed by atoms with Crippen LogP contribution in [0, 0.1) is 5.41 Å². The lowest BCUT2D eigenvalue weighted by molar-refractivity contribution is 0.110. The highest BCUT2D eigenvalue weighted by molar-refractivity contribution is 5.37. The topological polar surface area (TPSA) is 29.5 Å². The van der Waals surface area contributed by atoms with Crippen molar-refractivity contribution in [2.45, 2.75) is 59.5 Å². The molecule has 108 valence electrons. The van der Waals surface area contributed by atoms with Gasteiger partial charge in [-0.1, -0.05) is 31.6 Å². The molecule has 0 aromatic carbocycles. The van der Waals surface area contributed by atoms with Crippen LogP contribution in [0.2, 0.25) is 0 Å². The van der Waals surface area contributed by atoms with Crippen molar-refractivity contribution in [3.63, 3.8) is 0 Å². The molecule has 1 aliphatic carbocycles. The summed E-state index contributed by atoms with van der Waals surface area (Å²) in [5.41, 5.74) is 2.07. The lowest BCUT2D eigenvalue weighted by Gasteiger charge is -2.33. The van der Waals surface area contributed by atoms with Gasteiger partial charge in [0.05, 0.1) is 18.5 Å². The van der Waals surface area contributed by atoms with E-state index in [1.165, 1.54) is 17.6 Å². The van der Waals surface area contributed by atoms with Crippen LogP contribution < -0.4 is 0 Å². The zero-order valence-electron chi connectivity index (χ0n) is 13.0. The maximum atomic E-state index is 10.3. The Kier molecular flexibility index (Phi) is 5.42. The number of aliphatic hydroxyl groups is 1. The van der Waals surface area contributed by atoms with Crippen LogP contribution in [0.1, 0.15) is 53.9 Å². The molecule has 0 spiro atoms. The molecule has 0 radical (unpaired) electrons. The molecule has 0 saturated heterocycles. The van der Waals surface area contributed by atoms with Crippen molar-refractivity contribution in [3.8, 4) is 0 Å². The van der Waals surface area contributed by atoms with Gasteiger partial charge in [-0.25, -0.2) is 0 Å². The summed E-state index contributed by atoms with van der Waals surface area (Å²) in [5, 5.41) is 10.3. The van der Waals surface area contributed by atoms with Crippen LogP contribution in [0.5, 0.6) is 0 Å². The molecule has 0 fully saturated rings. The summed E-state index contributed by atoms with van der Waals surface area (Å²) in [6, 6.07) is 0. The van der Waals surface area contributed by atoms with Crippen molar-refractivity contribution in [2.75, 3.05) is 6.61 Å². The normalized spacial score (nSPS) is 24.3. The van der Waals surface area contributed by atoms with Crippen molar-refractivity contribution in [2.24, 2.45) is 5.41 Å². The van der Waals surface area contributed by atoms with Gasteiger partial charge in [-0.2, -0.15) is 0 Å². The van der Waals surface area contributed by atoms with Crippen LogP contribution in [-0.4, -0.2) is 17.3 Å². The van der Waals surface area contributed by atoms with Crippen molar-refractivity contribution in [1.29, 1.82) is 0 Å². The second-order valence-corrected chi connectivity index (χ2v) is 6.25. The molecular weight excluding hydrogens is 236 g/mol. The van der Waals surface area contributed by atoms with Crippen molar-refractivity contribution >= 4 is 0 Å². The van der Waals surface area contributed by atoms with Gasteiger partial charge in [0.2, 0.25) is 0 Å². The van der Waals surface area contributed by atoms with Gasteiger partial charge in [-0.05, 0) is 57.1 Å². The lowest BCUT2D eigenvalue weighted by Crippen LogP contribution is -2.23. The van der Waals surface area contributed by atoms with E-state index in [2.05, 4.69) is 32.9 Å². The van der Waals surface area contributed by atoms with Crippen LogP contribution in [0.15, 0.2) is 35.6 Å². The van der Waals surface area contributed by atoms with E-state index >= 15 is 0 Å². The Balaban J connectivity index is 2.79. The fraction of sp³-hybridized carbons (Fsp3) is 0.647. The highest BCUT2D eigenvalue weighted by atomic mass is 16.5. The number of hydrogen-bond acceptors (Lipinski definition) is 2. The summed E-state index contributed by atoms with van der Waals surface area (Å²) in [6.45, 7) is 11.1. The fourth-order valence-electron chi connectivity index (χ4n) is 2.53. The summed E-state index contributed by atoms with van der Waals surface area (Å²) in [6.07, 6.45) is 10.7. The largest absolute Gasteiger partial charge is 0.502 e. The van der Waals surface area contributed by atoms with E-state index in [1.54, 1.807) is 12.3 Å². The van der Waals surface area contributed by atoms with E-state index in [0.29, 0.717) is 13.0 Å². The molecule has 2 nitrogen and oxygen atoms in total. The first-order valence-corrected chi connectivity index (χ1v) is 7.18. The summed E-state index contributed by atoms with van der Waals surface area (Å²) in [4.78, 5) is 0. The van der Waals surface area contributed by atoms with Crippen molar-refractivity contribution in [3.05, 3.63) is 35.6 Å². The van der Waals surface area contributed by atoms with Gasteiger partial charge in [-0.15, -0.1) is 0 Å². The minimum atomic E-state index is -0.851. The number of hydrogen-bond donors (Lipinski definition) is 1. The zero-order chi connectivity index (χ0) is 14.5. The maximum absolute atomic E-state index is 10.3. The van der Waals surface area contributed by atoms with E-state index in [9.17, 15) is 5.11 Å². The van der Waals surface area contributed by atoms with Crippen molar-refractivity contribution < 1.29 is 9.84 Å². The maximum Gasteiger partial charge on any atom is 0.0866 e. The number of allylic oxidation sites excluding steroid dienone is 3. The molecule has 0 aromatic heterocycles. The van der Waals surface area contributed by atoms with Crippen LogP contribution in [0.3, 0.4) is 0 Å². The first kappa shape index (κ1) is 16.0. The molecule has 2 heteroatoms. The molecule has 0 aliphatic heterocycles. The van der Waals surface area contributed by atoms with Gasteiger partial charge in [0, 0.05) is 0 Å². The minimum absolute atomic E-state index is 0.207. The Labute approximate surface area is 117 Å². The molecule has 0 saturated carbocycles. The van der Waals surface area contributed by atoms with Gasteiger partial charge in [0.25, 0.3) is 0 Å². The van der Waals surface area contributed by atoms with Gasteiger partial charge in [0.1, 0.15) is 0 Å². The predicted molar refractivity (Wildman–Crippen MR) is 80.9 cm³/mol. The molecule has 1 aliphatic rings. The molecule has 1 N–H and O–H groups in total. The van der Waals surface area contributed by atoms with Gasteiger partial charge < -0.3 is 9.84 Å². The lowest BCUT2D eigenvalue weighted by atomic mass is 9.72. The number of ether oxygens (including phenoxy) is 1. The number of rotatable bonds is 5. The summed E-state index contributed by atoms with van der Waals surface area (Å²) >= 11 is 0. The van der Waals surface area contributed by atoms with Gasteiger partial charge in [0.15, 0.2) is 0 Å². The van der Waals surface area contributed by atoms with E-state index in [1.807, 2.05) is 13.8 Å². The molecule has 1 rings (SSSR count). The Bertz CT molecular complexity index is 384.